The minimum Gasteiger partial charge on any atom is -0.444 e. The van der Waals surface area contributed by atoms with E-state index >= 15 is 0 Å². The number of aromatic nitrogens is 2. The number of aliphatic imine (C=N–C) groups is 1. The zero-order chi connectivity index (χ0) is 29.0. The molecule has 1 heterocycles. The van der Waals surface area contributed by atoms with Gasteiger partial charge in [-0.15, -0.1) is 0 Å². The largest absolute Gasteiger partial charge is 0.444 e. The standard InChI is InChI=1S/C30H39N5O4/c1-28(2,3)21-14-10-12-19(16-21)23-18-31-22-15-11-13-20(24(22)33-23)17-32-25(34-26(36)38-29(4,5)6)35-27(37)39-30(7,8)9/h10-16,18H,17H2,1-9H3,(H2,32,34,35,36,37). The first-order chi connectivity index (χ1) is 18.0. The fourth-order valence-electron chi connectivity index (χ4n) is 3.58. The van der Waals surface area contributed by atoms with Crippen LogP contribution in [0.2, 0.25) is 0 Å². The molecule has 0 radical (unpaired) electrons. The van der Waals surface area contributed by atoms with Gasteiger partial charge in [0.05, 0.1) is 29.5 Å². The number of fused-ring (bicyclic) bond motifs is 1. The maximum absolute atomic E-state index is 12.4. The first-order valence-electron chi connectivity index (χ1n) is 12.9. The van der Waals surface area contributed by atoms with Gasteiger partial charge in [-0.2, -0.15) is 0 Å². The van der Waals surface area contributed by atoms with Crippen LogP contribution in [0.4, 0.5) is 9.59 Å². The Hall–Kier alpha value is -4.01. The van der Waals surface area contributed by atoms with Gasteiger partial charge in [-0.3, -0.25) is 15.6 Å². The van der Waals surface area contributed by atoms with Crippen molar-refractivity contribution < 1.29 is 19.1 Å². The lowest BCUT2D eigenvalue weighted by atomic mass is 9.86. The van der Waals surface area contributed by atoms with Crippen LogP contribution < -0.4 is 10.6 Å². The van der Waals surface area contributed by atoms with Crippen molar-refractivity contribution in [3.8, 4) is 11.3 Å². The van der Waals surface area contributed by atoms with Crippen molar-refractivity contribution in [3.05, 3.63) is 59.8 Å². The number of rotatable bonds is 3. The summed E-state index contributed by atoms with van der Waals surface area (Å²) in [5, 5.41) is 5.01. The molecule has 9 heteroatoms. The van der Waals surface area contributed by atoms with E-state index in [0.717, 1.165) is 16.8 Å². The number of carbonyl (C=O) groups excluding carboxylic acids is 2. The molecule has 0 aliphatic carbocycles. The first-order valence-corrected chi connectivity index (χ1v) is 12.9. The third kappa shape index (κ3) is 9.05. The van der Waals surface area contributed by atoms with Crippen LogP contribution in [-0.4, -0.2) is 39.3 Å². The average molecular weight is 534 g/mol. The van der Waals surface area contributed by atoms with Crippen LogP contribution in [0.5, 0.6) is 0 Å². The van der Waals surface area contributed by atoms with Gasteiger partial charge in [0.2, 0.25) is 5.96 Å². The van der Waals surface area contributed by atoms with Gasteiger partial charge in [-0.05, 0) is 64.7 Å². The molecule has 3 aromatic rings. The Labute approximate surface area is 230 Å². The summed E-state index contributed by atoms with van der Waals surface area (Å²) in [7, 11) is 0. The van der Waals surface area contributed by atoms with E-state index < -0.39 is 23.4 Å². The number of carbonyl (C=O) groups is 2. The molecule has 3 rings (SSSR count). The zero-order valence-corrected chi connectivity index (χ0v) is 24.3. The fourth-order valence-corrected chi connectivity index (χ4v) is 3.58. The third-order valence-electron chi connectivity index (χ3n) is 5.33. The minimum atomic E-state index is -0.754. The molecule has 39 heavy (non-hydrogen) atoms. The Morgan fingerprint density at radius 1 is 0.846 bits per heavy atom. The number of guanidine groups is 1. The molecule has 0 saturated heterocycles. The zero-order valence-electron chi connectivity index (χ0n) is 24.3. The smallest absolute Gasteiger partial charge is 0.414 e. The molecule has 0 atom stereocenters. The summed E-state index contributed by atoms with van der Waals surface area (Å²) >= 11 is 0. The average Bonchev–Trinajstić information content (AvgIpc) is 2.79. The van der Waals surface area contributed by atoms with E-state index in [1.165, 1.54) is 5.56 Å². The van der Waals surface area contributed by atoms with E-state index in [9.17, 15) is 9.59 Å². The van der Waals surface area contributed by atoms with Gasteiger partial charge >= 0.3 is 12.2 Å². The molecular formula is C30H39N5O4. The highest BCUT2D eigenvalue weighted by Crippen LogP contribution is 2.28. The summed E-state index contributed by atoms with van der Waals surface area (Å²) in [6.45, 7) is 17.1. The lowest BCUT2D eigenvalue weighted by Gasteiger charge is -2.22. The molecule has 0 aliphatic heterocycles. The fraction of sp³-hybridized carbons (Fsp3) is 0.433. The molecule has 0 spiro atoms. The van der Waals surface area contributed by atoms with Crippen molar-refractivity contribution in [1.82, 2.24) is 20.6 Å². The Balaban J connectivity index is 1.95. The number of amides is 2. The molecule has 0 unspecified atom stereocenters. The molecule has 2 N–H and O–H groups in total. The number of hydrogen-bond acceptors (Lipinski definition) is 7. The Morgan fingerprint density at radius 2 is 1.44 bits per heavy atom. The molecule has 0 bridgehead atoms. The topological polar surface area (TPSA) is 115 Å². The number of nitrogens with zero attached hydrogens (tertiary/aromatic N) is 3. The van der Waals surface area contributed by atoms with Crippen molar-refractivity contribution in [2.75, 3.05) is 0 Å². The van der Waals surface area contributed by atoms with E-state index in [2.05, 4.69) is 53.5 Å². The first kappa shape index (κ1) is 29.5. The van der Waals surface area contributed by atoms with E-state index in [-0.39, 0.29) is 17.9 Å². The summed E-state index contributed by atoms with van der Waals surface area (Å²) in [6, 6.07) is 13.9. The highest BCUT2D eigenvalue weighted by atomic mass is 16.6. The maximum Gasteiger partial charge on any atom is 0.414 e. The summed E-state index contributed by atoms with van der Waals surface area (Å²) in [5.41, 5.74) is 3.60. The lowest BCUT2D eigenvalue weighted by molar-refractivity contribution is 0.0545. The van der Waals surface area contributed by atoms with Crippen LogP contribution in [0.3, 0.4) is 0 Å². The second-order valence-electron chi connectivity index (χ2n) is 12.3. The van der Waals surface area contributed by atoms with Crippen LogP contribution in [0.15, 0.2) is 53.7 Å². The molecule has 0 saturated carbocycles. The van der Waals surface area contributed by atoms with E-state index in [0.29, 0.717) is 11.0 Å². The maximum atomic E-state index is 12.4. The minimum absolute atomic E-state index is 0.00115. The van der Waals surface area contributed by atoms with Crippen molar-refractivity contribution in [1.29, 1.82) is 0 Å². The van der Waals surface area contributed by atoms with Crippen LogP contribution in [0, 0.1) is 0 Å². The summed E-state index contributed by atoms with van der Waals surface area (Å²) in [6.07, 6.45) is 0.253. The normalized spacial score (nSPS) is 12.0. The molecule has 208 valence electrons. The highest BCUT2D eigenvalue weighted by Gasteiger charge is 2.21. The van der Waals surface area contributed by atoms with Crippen molar-refractivity contribution in [2.24, 2.45) is 4.99 Å². The number of alkyl carbamates (subject to hydrolysis) is 2. The Morgan fingerprint density at radius 3 is 2.00 bits per heavy atom. The second-order valence-corrected chi connectivity index (χ2v) is 12.3. The molecular weight excluding hydrogens is 494 g/mol. The van der Waals surface area contributed by atoms with Gasteiger partial charge in [0.25, 0.3) is 0 Å². The summed E-state index contributed by atoms with van der Waals surface area (Å²) in [5.74, 6) is -0.0995. The molecule has 0 fully saturated rings. The number of para-hydroxylation sites is 1. The number of nitrogens with one attached hydrogen (secondary N) is 2. The van der Waals surface area contributed by atoms with Gasteiger partial charge < -0.3 is 9.47 Å². The SMILES string of the molecule is CC(C)(C)OC(=O)NC(=NCc1cccc2ncc(-c3cccc(C(C)(C)C)c3)nc12)NC(=O)OC(C)(C)C. The van der Waals surface area contributed by atoms with E-state index in [1.54, 1.807) is 47.7 Å². The van der Waals surface area contributed by atoms with Crippen LogP contribution in [-0.2, 0) is 21.4 Å². The van der Waals surface area contributed by atoms with Gasteiger partial charge in [-0.1, -0.05) is 51.1 Å². The van der Waals surface area contributed by atoms with Gasteiger partial charge in [-0.25, -0.2) is 19.6 Å². The Bertz CT molecular complexity index is 1350. The predicted octanol–water partition coefficient (Wildman–Crippen LogP) is 6.50. The quantitative estimate of drug-likeness (QED) is 0.293. The van der Waals surface area contributed by atoms with Gasteiger partial charge in [0.15, 0.2) is 0 Å². The lowest BCUT2D eigenvalue weighted by Crippen LogP contribution is -2.47. The van der Waals surface area contributed by atoms with Crippen LogP contribution in [0.25, 0.3) is 22.3 Å². The molecule has 0 aliphatic rings. The number of ether oxygens (including phenoxy) is 2. The second kappa shape index (κ2) is 11.4. The van der Waals surface area contributed by atoms with Crippen molar-refractivity contribution in [2.45, 2.75) is 85.5 Å². The molecule has 9 nitrogen and oxygen atoms in total. The Kier molecular flexibility index (Phi) is 8.63. The highest BCUT2D eigenvalue weighted by molar-refractivity contribution is 6.01. The van der Waals surface area contributed by atoms with Gasteiger partial charge in [0.1, 0.15) is 11.2 Å². The third-order valence-corrected chi connectivity index (χ3v) is 5.33. The molecule has 2 aromatic carbocycles. The van der Waals surface area contributed by atoms with Gasteiger partial charge in [0, 0.05) is 11.1 Å². The summed E-state index contributed by atoms with van der Waals surface area (Å²) < 4.78 is 10.7. The van der Waals surface area contributed by atoms with E-state index in [1.807, 2.05) is 30.3 Å². The van der Waals surface area contributed by atoms with Crippen molar-refractivity contribution >= 4 is 29.2 Å². The van der Waals surface area contributed by atoms with E-state index in [4.69, 9.17) is 14.5 Å². The van der Waals surface area contributed by atoms with Crippen molar-refractivity contribution in [3.63, 3.8) is 0 Å². The number of hydrogen-bond donors (Lipinski definition) is 2. The van der Waals surface area contributed by atoms with Crippen LogP contribution in [0.1, 0.15) is 73.4 Å². The monoisotopic (exact) mass is 533 g/mol. The molecule has 1 aromatic heterocycles. The van der Waals surface area contributed by atoms with Crippen LogP contribution >= 0.6 is 0 Å². The summed E-state index contributed by atoms with van der Waals surface area (Å²) in [4.78, 5) is 38.9. The number of benzene rings is 2. The molecule has 2 amide bonds. The predicted molar refractivity (Wildman–Crippen MR) is 154 cm³/mol.